The van der Waals surface area contributed by atoms with Crippen LogP contribution in [0.5, 0.6) is 11.5 Å². The van der Waals surface area contributed by atoms with Crippen LogP contribution in [0, 0.1) is 17.8 Å². The molecule has 1 aromatic rings. The van der Waals surface area contributed by atoms with Crippen molar-refractivity contribution in [1.82, 2.24) is 0 Å². The lowest BCUT2D eigenvalue weighted by Crippen LogP contribution is -2.26. The molecule has 0 saturated heterocycles. The van der Waals surface area contributed by atoms with Gasteiger partial charge in [-0.15, -0.1) is 0 Å². The molecule has 0 unspecified atom stereocenters. The minimum absolute atomic E-state index is 0.0197. The number of carbonyl (C=O) groups is 1. The van der Waals surface area contributed by atoms with Gasteiger partial charge in [0.15, 0.2) is 6.29 Å². The number of rotatable bonds is 7. The predicted molar refractivity (Wildman–Crippen MR) is 102 cm³/mol. The third-order valence-electron chi connectivity index (χ3n) is 6.00. The zero-order valence-corrected chi connectivity index (χ0v) is 16.2. The molecule has 0 radical (unpaired) electrons. The smallest absolute Gasteiger partial charge is 0.154 e. The normalized spacial score (nSPS) is 23.8. The molecule has 3 atom stereocenters. The van der Waals surface area contributed by atoms with Gasteiger partial charge in [-0.1, -0.05) is 47.0 Å². The summed E-state index contributed by atoms with van der Waals surface area (Å²) < 4.78 is 0. The first kappa shape index (κ1) is 19.8. The Morgan fingerprint density at radius 2 is 1.96 bits per heavy atom. The Labute approximate surface area is 152 Å². The maximum atomic E-state index is 11.7. The minimum Gasteiger partial charge on any atom is -0.508 e. The summed E-state index contributed by atoms with van der Waals surface area (Å²) in [6.45, 7) is 8.79. The molecule has 0 amide bonds. The number of carbonyl (C=O) groups excluding carboxylic acids is 1. The third kappa shape index (κ3) is 4.37. The molecule has 0 heterocycles. The number of aldehydes is 1. The first-order chi connectivity index (χ1) is 11.9. The standard InChI is InChI=1S/C22H34O3/c1-5-6-7-8-16-12-20(24)21(22(25)19(16)13-23)18-11-15(4)9-10-17(18)14(2)3/h12-15,17-18,24-25H,5-11H2,1-4H3/t15-,17+,18-/m1/s1. The molecule has 0 spiro atoms. The highest BCUT2D eigenvalue weighted by atomic mass is 16.3. The summed E-state index contributed by atoms with van der Waals surface area (Å²) >= 11 is 0. The monoisotopic (exact) mass is 346 g/mol. The number of hydrogen-bond donors (Lipinski definition) is 2. The molecule has 1 fully saturated rings. The number of phenols is 2. The predicted octanol–water partition coefficient (Wildman–Crippen LogP) is 5.82. The molecule has 3 heteroatoms. The molecule has 25 heavy (non-hydrogen) atoms. The lowest BCUT2D eigenvalue weighted by atomic mass is 9.67. The van der Waals surface area contributed by atoms with E-state index in [2.05, 4.69) is 27.7 Å². The van der Waals surface area contributed by atoms with Crippen LogP contribution in [-0.4, -0.2) is 16.5 Å². The van der Waals surface area contributed by atoms with Crippen molar-refractivity contribution in [3.63, 3.8) is 0 Å². The summed E-state index contributed by atoms with van der Waals surface area (Å²) in [6.07, 6.45) is 7.88. The van der Waals surface area contributed by atoms with Gasteiger partial charge in [0.1, 0.15) is 11.5 Å². The lowest BCUT2D eigenvalue weighted by Gasteiger charge is -2.38. The molecule has 0 aromatic heterocycles. The van der Waals surface area contributed by atoms with Crippen molar-refractivity contribution >= 4 is 6.29 Å². The largest absolute Gasteiger partial charge is 0.508 e. The summed E-state index contributed by atoms with van der Waals surface area (Å²) in [5.74, 6) is 1.79. The number of aryl methyl sites for hydroxylation is 1. The number of unbranched alkanes of at least 4 members (excludes halogenated alkanes) is 2. The van der Waals surface area contributed by atoms with Crippen LogP contribution in [0.1, 0.15) is 93.6 Å². The Morgan fingerprint density at radius 1 is 1.24 bits per heavy atom. The summed E-state index contributed by atoms with van der Waals surface area (Å²) in [7, 11) is 0. The van der Waals surface area contributed by atoms with Crippen LogP contribution < -0.4 is 0 Å². The van der Waals surface area contributed by atoms with Crippen LogP contribution in [0.25, 0.3) is 0 Å². The zero-order valence-electron chi connectivity index (χ0n) is 16.2. The maximum Gasteiger partial charge on any atom is 0.154 e. The SMILES string of the molecule is CCCCCc1cc(O)c([C@@H]2C[C@H](C)CC[C@H]2C(C)C)c(O)c1C=O. The van der Waals surface area contributed by atoms with Crippen LogP contribution >= 0.6 is 0 Å². The Balaban J connectivity index is 2.44. The molecule has 1 aromatic carbocycles. The van der Waals surface area contributed by atoms with Crippen LogP contribution in [0.2, 0.25) is 0 Å². The Hall–Kier alpha value is -1.51. The van der Waals surface area contributed by atoms with Gasteiger partial charge in [0.25, 0.3) is 0 Å². The van der Waals surface area contributed by atoms with Crippen molar-refractivity contribution in [2.75, 3.05) is 0 Å². The Bertz CT molecular complexity index is 591. The van der Waals surface area contributed by atoms with Gasteiger partial charge in [-0.05, 0) is 61.0 Å². The highest BCUT2D eigenvalue weighted by Crippen LogP contribution is 2.50. The first-order valence-electron chi connectivity index (χ1n) is 9.93. The molecule has 1 aliphatic rings. The highest BCUT2D eigenvalue weighted by molar-refractivity contribution is 5.83. The summed E-state index contributed by atoms with van der Waals surface area (Å²) in [5, 5.41) is 21.6. The van der Waals surface area contributed by atoms with E-state index in [1.54, 1.807) is 6.07 Å². The quantitative estimate of drug-likeness (QED) is 0.483. The number of benzene rings is 1. The summed E-state index contributed by atoms with van der Waals surface area (Å²) in [6, 6.07) is 1.73. The average Bonchev–Trinajstić information content (AvgIpc) is 2.55. The second kappa shape index (κ2) is 8.73. The highest BCUT2D eigenvalue weighted by Gasteiger charge is 2.35. The Morgan fingerprint density at radius 3 is 2.56 bits per heavy atom. The van der Waals surface area contributed by atoms with E-state index in [1.165, 1.54) is 6.42 Å². The van der Waals surface area contributed by atoms with Crippen LogP contribution in [0.3, 0.4) is 0 Å². The van der Waals surface area contributed by atoms with E-state index in [0.717, 1.165) is 50.4 Å². The molecular formula is C22H34O3. The van der Waals surface area contributed by atoms with Gasteiger partial charge in [0.05, 0.1) is 5.56 Å². The van der Waals surface area contributed by atoms with E-state index in [9.17, 15) is 15.0 Å². The topological polar surface area (TPSA) is 57.5 Å². The van der Waals surface area contributed by atoms with Crippen LogP contribution in [0.4, 0.5) is 0 Å². The minimum atomic E-state index is 0.0197. The molecule has 0 bridgehead atoms. The van der Waals surface area contributed by atoms with Crippen LogP contribution in [0.15, 0.2) is 6.07 Å². The summed E-state index contributed by atoms with van der Waals surface area (Å²) in [4.78, 5) is 11.7. The van der Waals surface area contributed by atoms with E-state index < -0.39 is 0 Å². The fourth-order valence-electron chi connectivity index (χ4n) is 4.54. The zero-order chi connectivity index (χ0) is 18.6. The second-order valence-corrected chi connectivity index (χ2v) is 8.24. The van der Waals surface area contributed by atoms with Gasteiger partial charge in [0.2, 0.25) is 0 Å². The fourth-order valence-corrected chi connectivity index (χ4v) is 4.54. The van der Waals surface area contributed by atoms with Gasteiger partial charge in [-0.3, -0.25) is 4.79 Å². The van der Waals surface area contributed by atoms with Crippen molar-refractivity contribution < 1.29 is 15.0 Å². The number of aromatic hydroxyl groups is 2. The number of hydrogen-bond acceptors (Lipinski definition) is 3. The van der Waals surface area contributed by atoms with Gasteiger partial charge in [-0.2, -0.15) is 0 Å². The van der Waals surface area contributed by atoms with E-state index in [4.69, 9.17) is 0 Å². The van der Waals surface area contributed by atoms with Gasteiger partial charge in [-0.25, -0.2) is 0 Å². The molecule has 1 saturated carbocycles. The van der Waals surface area contributed by atoms with E-state index in [-0.39, 0.29) is 17.4 Å². The van der Waals surface area contributed by atoms with Crippen molar-refractivity contribution in [1.29, 1.82) is 0 Å². The number of phenolic OH excluding ortho intramolecular Hbond substituents is 2. The Kier molecular flexibility index (Phi) is 6.92. The van der Waals surface area contributed by atoms with E-state index in [1.807, 2.05) is 0 Å². The molecule has 0 aliphatic heterocycles. The van der Waals surface area contributed by atoms with E-state index in [0.29, 0.717) is 28.9 Å². The molecule has 2 rings (SSSR count). The van der Waals surface area contributed by atoms with Gasteiger partial charge in [0, 0.05) is 5.56 Å². The van der Waals surface area contributed by atoms with Crippen molar-refractivity contribution in [2.45, 2.75) is 78.6 Å². The van der Waals surface area contributed by atoms with Crippen molar-refractivity contribution in [3.8, 4) is 11.5 Å². The maximum absolute atomic E-state index is 11.7. The average molecular weight is 347 g/mol. The third-order valence-corrected chi connectivity index (χ3v) is 6.00. The van der Waals surface area contributed by atoms with Crippen molar-refractivity contribution in [3.05, 3.63) is 22.8 Å². The lowest BCUT2D eigenvalue weighted by molar-refractivity contribution is 0.111. The molecule has 1 aliphatic carbocycles. The van der Waals surface area contributed by atoms with Gasteiger partial charge >= 0.3 is 0 Å². The summed E-state index contributed by atoms with van der Waals surface area (Å²) in [5.41, 5.74) is 1.75. The molecule has 140 valence electrons. The molecule has 2 N–H and O–H groups in total. The van der Waals surface area contributed by atoms with Gasteiger partial charge < -0.3 is 10.2 Å². The molecule has 3 nitrogen and oxygen atoms in total. The first-order valence-corrected chi connectivity index (χ1v) is 9.93. The van der Waals surface area contributed by atoms with E-state index >= 15 is 0 Å². The fraction of sp³-hybridized carbons (Fsp3) is 0.682. The second-order valence-electron chi connectivity index (χ2n) is 8.24. The van der Waals surface area contributed by atoms with Crippen LogP contribution in [-0.2, 0) is 6.42 Å². The van der Waals surface area contributed by atoms with Crippen molar-refractivity contribution in [2.24, 2.45) is 17.8 Å². The molecular weight excluding hydrogens is 312 g/mol.